The van der Waals surface area contributed by atoms with Gasteiger partial charge in [0, 0.05) is 26.2 Å². The maximum absolute atomic E-state index is 11.3. The molecule has 92 valence electrons. The molecular formula is C11H14ClN3O2. The Morgan fingerprint density at radius 1 is 1.47 bits per heavy atom. The van der Waals surface area contributed by atoms with E-state index in [-0.39, 0.29) is 5.69 Å². The Morgan fingerprint density at radius 2 is 2.18 bits per heavy atom. The van der Waals surface area contributed by atoms with Crippen molar-refractivity contribution in [3.05, 3.63) is 23.0 Å². The number of methoxy groups -OCH3 is 1. The third kappa shape index (κ3) is 2.68. The molecule has 17 heavy (non-hydrogen) atoms. The number of anilines is 1. The topological polar surface area (TPSA) is 54.5 Å². The molecule has 1 aliphatic heterocycles. The van der Waals surface area contributed by atoms with E-state index in [1.165, 1.54) is 7.11 Å². The Kier molecular flexibility index (Phi) is 3.81. The lowest BCUT2D eigenvalue weighted by molar-refractivity contribution is 0.0594. The molecule has 1 fully saturated rings. The molecule has 0 aliphatic carbocycles. The van der Waals surface area contributed by atoms with Gasteiger partial charge in [0.25, 0.3) is 0 Å². The Bertz CT molecular complexity index is 419. The molecule has 1 aliphatic rings. The molecule has 0 atom stereocenters. The summed E-state index contributed by atoms with van der Waals surface area (Å²) >= 11 is 6.08. The van der Waals surface area contributed by atoms with Crippen LogP contribution in [0.3, 0.4) is 0 Å². The highest BCUT2D eigenvalue weighted by molar-refractivity contribution is 6.32. The van der Waals surface area contributed by atoms with Crippen molar-refractivity contribution in [2.75, 3.05) is 38.2 Å². The summed E-state index contributed by atoms with van der Waals surface area (Å²) in [5.41, 5.74) is 1.09. The molecule has 0 saturated carbocycles. The Hall–Kier alpha value is -1.33. The van der Waals surface area contributed by atoms with Gasteiger partial charge in [0.1, 0.15) is 5.69 Å². The maximum atomic E-state index is 11.3. The molecule has 1 aromatic rings. The third-order valence-electron chi connectivity index (χ3n) is 2.68. The highest BCUT2D eigenvalue weighted by atomic mass is 35.5. The van der Waals surface area contributed by atoms with Crippen LogP contribution in [0, 0.1) is 0 Å². The number of rotatable bonds is 2. The lowest BCUT2D eigenvalue weighted by atomic mass is 10.2. The molecule has 0 spiro atoms. The van der Waals surface area contributed by atoms with Crippen LogP contribution in [-0.4, -0.2) is 44.2 Å². The summed E-state index contributed by atoms with van der Waals surface area (Å²) in [7, 11) is 1.32. The molecule has 2 heterocycles. The minimum absolute atomic E-state index is 0.233. The van der Waals surface area contributed by atoms with Gasteiger partial charge in [-0.15, -0.1) is 0 Å². The number of aromatic nitrogens is 1. The number of esters is 1. The van der Waals surface area contributed by atoms with Crippen molar-refractivity contribution in [1.82, 2.24) is 10.3 Å². The van der Waals surface area contributed by atoms with Gasteiger partial charge in [0.15, 0.2) is 5.15 Å². The smallest absolute Gasteiger partial charge is 0.356 e. The van der Waals surface area contributed by atoms with Crippen molar-refractivity contribution in [1.29, 1.82) is 0 Å². The zero-order valence-corrected chi connectivity index (χ0v) is 10.3. The van der Waals surface area contributed by atoms with E-state index in [4.69, 9.17) is 11.6 Å². The van der Waals surface area contributed by atoms with Gasteiger partial charge < -0.3 is 15.0 Å². The molecule has 1 N–H and O–H groups in total. The summed E-state index contributed by atoms with van der Waals surface area (Å²) in [6.07, 6.45) is 0. The van der Waals surface area contributed by atoms with Crippen LogP contribution in [0.4, 0.5) is 5.69 Å². The first-order chi connectivity index (χ1) is 8.22. The summed E-state index contributed by atoms with van der Waals surface area (Å²) in [5.74, 6) is -0.473. The predicted molar refractivity (Wildman–Crippen MR) is 65.7 cm³/mol. The van der Waals surface area contributed by atoms with Crippen molar-refractivity contribution < 1.29 is 9.53 Å². The summed E-state index contributed by atoms with van der Waals surface area (Å²) in [4.78, 5) is 17.5. The molecule has 6 heteroatoms. The predicted octanol–water partition coefficient (Wildman–Crippen LogP) is 0.931. The molecule has 1 saturated heterocycles. The first kappa shape index (κ1) is 12.1. The van der Waals surface area contributed by atoms with Gasteiger partial charge >= 0.3 is 5.97 Å². The summed E-state index contributed by atoms with van der Waals surface area (Å²) in [6.45, 7) is 3.63. The molecule has 0 aromatic carbocycles. The number of hydrogen-bond acceptors (Lipinski definition) is 5. The van der Waals surface area contributed by atoms with Crippen LogP contribution >= 0.6 is 11.6 Å². The van der Waals surface area contributed by atoms with Gasteiger partial charge in [-0.2, -0.15) is 0 Å². The summed E-state index contributed by atoms with van der Waals surface area (Å²) < 4.78 is 4.59. The Morgan fingerprint density at radius 3 is 2.76 bits per heavy atom. The standard InChI is InChI=1S/C11H14ClN3O2/c1-17-11(16)8-2-3-9(10(12)14-8)15-6-4-13-5-7-15/h2-3,13H,4-7H2,1H3. The largest absolute Gasteiger partial charge is 0.464 e. The van der Waals surface area contributed by atoms with Crippen molar-refractivity contribution in [2.45, 2.75) is 0 Å². The van der Waals surface area contributed by atoms with E-state index in [0.717, 1.165) is 31.9 Å². The average molecular weight is 256 g/mol. The van der Waals surface area contributed by atoms with Crippen molar-refractivity contribution in [2.24, 2.45) is 0 Å². The molecule has 0 amide bonds. The van der Waals surface area contributed by atoms with Gasteiger partial charge in [0.2, 0.25) is 0 Å². The second-order valence-corrected chi connectivity index (χ2v) is 4.09. The second-order valence-electron chi connectivity index (χ2n) is 3.74. The Balaban J connectivity index is 2.21. The van der Waals surface area contributed by atoms with Crippen molar-refractivity contribution >= 4 is 23.3 Å². The summed E-state index contributed by atoms with van der Waals surface area (Å²) in [5, 5.41) is 3.61. The minimum Gasteiger partial charge on any atom is -0.464 e. The highest BCUT2D eigenvalue weighted by Gasteiger charge is 2.16. The number of halogens is 1. The first-order valence-corrected chi connectivity index (χ1v) is 5.80. The number of carbonyl (C=O) groups excluding carboxylic acids is 1. The number of hydrogen-bond donors (Lipinski definition) is 1. The van der Waals surface area contributed by atoms with E-state index in [9.17, 15) is 4.79 Å². The zero-order chi connectivity index (χ0) is 12.3. The SMILES string of the molecule is COC(=O)c1ccc(N2CCNCC2)c(Cl)n1. The third-order valence-corrected chi connectivity index (χ3v) is 2.96. The molecule has 0 bridgehead atoms. The highest BCUT2D eigenvalue weighted by Crippen LogP contribution is 2.24. The van der Waals surface area contributed by atoms with Crippen molar-refractivity contribution in [3.8, 4) is 0 Å². The van der Waals surface area contributed by atoms with E-state index in [2.05, 4.69) is 19.9 Å². The van der Waals surface area contributed by atoms with Crippen LogP contribution < -0.4 is 10.2 Å². The van der Waals surface area contributed by atoms with E-state index in [1.54, 1.807) is 6.07 Å². The molecule has 0 unspecified atom stereocenters. The molecular weight excluding hydrogens is 242 g/mol. The van der Waals surface area contributed by atoms with Gasteiger partial charge in [-0.25, -0.2) is 9.78 Å². The van der Waals surface area contributed by atoms with Crippen LogP contribution in [-0.2, 0) is 4.74 Å². The fourth-order valence-corrected chi connectivity index (χ4v) is 2.06. The number of piperazine rings is 1. The zero-order valence-electron chi connectivity index (χ0n) is 9.57. The van der Waals surface area contributed by atoms with Gasteiger partial charge in [-0.1, -0.05) is 11.6 Å². The van der Waals surface area contributed by atoms with Gasteiger partial charge in [-0.05, 0) is 12.1 Å². The lowest BCUT2D eigenvalue weighted by Gasteiger charge is -2.29. The number of carbonyl (C=O) groups is 1. The fraction of sp³-hybridized carbons (Fsp3) is 0.455. The fourth-order valence-electron chi connectivity index (χ4n) is 1.79. The van der Waals surface area contributed by atoms with Crippen LogP contribution in [0.5, 0.6) is 0 Å². The maximum Gasteiger partial charge on any atom is 0.356 e. The number of nitrogens with one attached hydrogen (secondary N) is 1. The minimum atomic E-state index is -0.473. The van der Waals surface area contributed by atoms with E-state index >= 15 is 0 Å². The van der Waals surface area contributed by atoms with E-state index in [1.807, 2.05) is 6.07 Å². The van der Waals surface area contributed by atoms with E-state index in [0.29, 0.717) is 5.15 Å². The normalized spacial score (nSPS) is 15.8. The monoisotopic (exact) mass is 255 g/mol. The quantitative estimate of drug-likeness (QED) is 0.629. The van der Waals surface area contributed by atoms with Crippen LogP contribution in [0.25, 0.3) is 0 Å². The van der Waals surface area contributed by atoms with Crippen LogP contribution in [0.1, 0.15) is 10.5 Å². The van der Waals surface area contributed by atoms with Crippen molar-refractivity contribution in [3.63, 3.8) is 0 Å². The second kappa shape index (κ2) is 5.33. The van der Waals surface area contributed by atoms with Crippen LogP contribution in [0.2, 0.25) is 5.15 Å². The van der Waals surface area contributed by atoms with Crippen LogP contribution in [0.15, 0.2) is 12.1 Å². The molecule has 5 nitrogen and oxygen atoms in total. The number of nitrogens with zero attached hydrogens (tertiary/aromatic N) is 2. The van der Waals surface area contributed by atoms with Gasteiger partial charge in [-0.3, -0.25) is 0 Å². The Labute approximate surface area is 105 Å². The number of ether oxygens (including phenoxy) is 1. The lowest BCUT2D eigenvalue weighted by Crippen LogP contribution is -2.43. The molecule has 0 radical (unpaired) electrons. The summed E-state index contributed by atoms with van der Waals surface area (Å²) in [6, 6.07) is 3.45. The number of pyridine rings is 1. The van der Waals surface area contributed by atoms with Gasteiger partial charge in [0.05, 0.1) is 12.8 Å². The first-order valence-electron chi connectivity index (χ1n) is 5.43. The van der Waals surface area contributed by atoms with E-state index < -0.39 is 5.97 Å². The molecule has 1 aromatic heterocycles. The molecule has 2 rings (SSSR count). The average Bonchev–Trinajstić information content (AvgIpc) is 2.38.